The Labute approximate surface area is 80.0 Å². The van der Waals surface area contributed by atoms with Crippen LogP contribution in [-0.2, 0) is 4.74 Å². The van der Waals surface area contributed by atoms with Crippen molar-refractivity contribution in [2.24, 2.45) is 5.84 Å². The van der Waals surface area contributed by atoms with Gasteiger partial charge in [0.25, 0.3) is 0 Å². The minimum absolute atomic E-state index is 0.457. The van der Waals surface area contributed by atoms with Crippen molar-refractivity contribution < 1.29 is 9.53 Å². The van der Waals surface area contributed by atoms with Gasteiger partial charge >= 0.3 is 6.09 Å². The van der Waals surface area contributed by atoms with Gasteiger partial charge in [0.15, 0.2) is 0 Å². The fourth-order valence-corrected chi connectivity index (χ4v) is 0.740. The van der Waals surface area contributed by atoms with Crippen molar-refractivity contribution in [2.75, 3.05) is 6.54 Å². The Morgan fingerprint density at radius 3 is 2.38 bits per heavy atom. The molecule has 0 aliphatic rings. The molecule has 0 aliphatic carbocycles. The van der Waals surface area contributed by atoms with Crippen LogP contribution < -0.4 is 5.84 Å². The minimum atomic E-state index is -0.471. The molecule has 0 unspecified atom stereocenters. The van der Waals surface area contributed by atoms with Crippen molar-refractivity contribution in [1.29, 1.82) is 0 Å². The first-order chi connectivity index (χ1) is 5.87. The lowest BCUT2D eigenvalue weighted by atomic mass is 10.2. The quantitative estimate of drug-likeness (QED) is 0.418. The Hall–Kier alpha value is -0.770. The van der Waals surface area contributed by atoms with E-state index in [1.165, 1.54) is 0 Å². The first kappa shape index (κ1) is 12.2. The standard InChI is InChI=1S/C9H20N2O2/c1-5-6-7-11(10)8(12)13-9(2,3)4/h5-7,10H2,1-4H3. The van der Waals surface area contributed by atoms with Gasteiger partial charge in [-0.05, 0) is 27.2 Å². The van der Waals surface area contributed by atoms with Gasteiger partial charge in [-0.2, -0.15) is 0 Å². The zero-order chi connectivity index (χ0) is 10.5. The predicted molar refractivity (Wildman–Crippen MR) is 52.0 cm³/mol. The Bertz CT molecular complexity index is 163. The van der Waals surface area contributed by atoms with E-state index in [9.17, 15) is 4.79 Å². The number of carbonyl (C=O) groups is 1. The van der Waals surface area contributed by atoms with Crippen LogP contribution in [0, 0.1) is 0 Å². The molecule has 2 N–H and O–H groups in total. The maximum atomic E-state index is 11.2. The van der Waals surface area contributed by atoms with E-state index in [1.54, 1.807) is 0 Å². The number of nitrogens with two attached hydrogens (primary N) is 1. The van der Waals surface area contributed by atoms with E-state index in [1.807, 2.05) is 27.7 Å². The molecule has 0 heterocycles. The van der Waals surface area contributed by atoms with E-state index in [4.69, 9.17) is 10.6 Å². The third-order valence-corrected chi connectivity index (χ3v) is 1.38. The smallest absolute Gasteiger partial charge is 0.424 e. The van der Waals surface area contributed by atoms with Gasteiger partial charge in [0.1, 0.15) is 5.60 Å². The summed E-state index contributed by atoms with van der Waals surface area (Å²) in [5.74, 6) is 5.47. The molecule has 78 valence electrons. The van der Waals surface area contributed by atoms with Crippen molar-refractivity contribution in [2.45, 2.75) is 46.1 Å². The summed E-state index contributed by atoms with van der Waals surface area (Å²) >= 11 is 0. The van der Waals surface area contributed by atoms with Crippen LogP contribution in [0.25, 0.3) is 0 Å². The summed E-state index contributed by atoms with van der Waals surface area (Å²) in [5, 5.41) is 1.12. The van der Waals surface area contributed by atoms with Crippen molar-refractivity contribution in [1.82, 2.24) is 5.01 Å². The summed E-state index contributed by atoms with van der Waals surface area (Å²) < 4.78 is 5.06. The maximum Gasteiger partial charge on any atom is 0.424 e. The lowest BCUT2D eigenvalue weighted by Crippen LogP contribution is -2.41. The molecule has 0 saturated carbocycles. The molecule has 0 rings (SSSR count). The lowest BCUT2D eigenvalue weighted by molar-refractivity contribution is 0.0245. The highest BCUT2D eigenvalue weighted by atomic mass is 16.6. The van der Waals surface area contributed by atoms with Gasteiger partial charge in [-0.25, -0.2) is 15.6 Å². The van der Waals surface area contributed by atoms with Gasteiger partial charge in [0, 0.05) is 6.54 Å². The molecule has 0 aliphatic heterocycles. The third-order valence-electron chi connectivity index (χ3n) is 1.38. The summed E-state index contributed by atoms with van der Waals surface area (Å²) in [5.41, 5.74) is -0.471. The number of nitrogens with zero attached hydrogens (tertiary/aromatic N) is 1. The second-order valence-corrected chi connectivity index (χ2v) is 4.03. The maximum absolute atomic E-state index is 11.2. The fourth-order valence-electron chi connectivity index (χ4n) is 0.740. The average molecular weight is 188 g/mol. The van der Waals surface area contributed by atoms with Gasteiger partial charge < -0.3 is 4.74 Å². The molecule has 0 atom stereocenters. The molecular weight excluding hydrogens is 168 g/mol. The molecular formula is C9H20N2O2. The number of carbonyl (C=O) groups excluding carboxylic acids is 1. The molecule has 0 fully saturated rings. The first-order valence-electron chi connectivity index (χ1n) is 4.62. The van der Waals surface area contributed by atoms with Crippen LogP contribution in [0.3, 0.4) is 0 Å². The van der Waals surface area contributed by atoms with Crippen LogP contribution in [0.2, 0.25) is 0 Å². The number of hydrazine groups is 1. The Balaban J connectivity index is 3.83. The zero-order valence-electron chi connectivity index (χ0n) is 8.96. The van der Waals surface area contributed by atoms with Crippen LogP contribution in [0.1, 0.15) is 40.5 Å². The summed E-state index contributed by atoms with van der Waals surface area (Å²) in [7, 11) is 0. The Kier molecular flexibility index (Phi) is 4.77. The van der Waals surface area contributed by atoms with Crippen LogP contribution in [-0.4, -0.2) is 23.2 Å². The van der Waals surface area contributed by atoms with E-state index in [0.717, 1.165) is 17.9 Å². The van der Waals surface area contributed by atoms with Gasteiger partial charge in [-0.15, -0.1) is 0 Å². The number of hydrogen-bond acceptors (Lipinski definition) is 3. The van der Waals surface area contributed by atoms with Crippen molar-refractivity contribution in [3.8, 4) is 0 Å². The molecule has 13 heavy (non-hydrogen) atoms. The Morgan fingerprint density at radius 2 is 2.00 bits per heavy atom. The highest BCUT2D eigenvalue weighted by Crippen LogP contribution is 2.08. The van der Waals surface area contributed by atoms with Gasteiger partial charge in [-0.1, -0.05) is 13.3 Å². The van der Waals surface area contributed by atoms with Crippen LogP contribution >= 0.6 is 0 Å². The molecule has 0 saturated heterocycles. The topological polar surface area (TPSA) is 55.6 Å². The number of hydrogen-bond donors (Lipinski definition) is 1. The molecule has 4 nitrogen and oxygen atoms in total. The normalized spacial score (nSPS) is 11.2. The second-order valence-electron chi connectivity index (χ2n) is 4.03. The highest BCUT2D eigenvalue weighted by Gasteiger charge is 2.19. The molecule has 0 aromatic heterocycles. The SMILES string of the molecule is CCCCN(N)C(=O)OC(C)(C)C. The third kappa shape index (κ3) is 6.40. The molecule has 0 aromatic rings. The molecule has 0 aromatic carbocycles. The van der Waals surface area contributed by atoms with Crippen LogP contribution in [0.15, 0.2) is 0 Å². The minimum Gasteiger partial charge on any atom is -0.443 e. The summed E-state index contributed by atoms with van der Waals surface area (Å²) in [4.78, 5) is 11.2. The van der Waals surface area contributed by atoms with Gasteiger partial charge in [0.05, 0.1) is 0 Å². The van der Waals surface area contributed by atoms with E-state index >= 15 is 0 Å². The molecule has 4 heteroatoms. The van der Waals surface area contributed by atoms with Crippen LogP contribution in [0.5, 0.6) is 0 Å². The predicted octanol–water partition coefficient (Wildman–Crippen LogP) is 1.90. The highest BCUT2D eigenvalue weighted by molar-refractivity contribution is 5.67. The van der Waals surface area contributed by atoms with Gasteiger partial charge in [0.2, 0.25) is 0 Å². The van der Waals surface area contributed by atoms with Crippen molar-refractivity contribution >= 4 is 6.09 Å². The lowest BCUT2D eigenvalue weighted by Gasteiger charge is -2.23. The van der Waals surface area contributed by atoms with Crippen LogP contribution in [0.4, 0.5) is 4.79 Å². The van der Waals surface area contributed by atoms with E-state index in [0.29, 0.717) is 6.54 Å². The summed E-state index contributed by atoms with van der Waals surface area (Å²) in [6.07, 6.45) is 1.45. The summed E-state index contributed by atoms with van der Waals surface area (Å²) in [6.45, 7) is 8.05. The molecule has 1 amide bonds. The zero-order valence-corrected chi connectivity index (χ0v) is 8.96. The average Bonchev–Trinajstić information content (AvgIpc) is 1.96. The van der Waals surface area contributed by atoms with E-state index < -0.39 is 11.7 Å². The second kappa shape index (κ2) is 5.07. The number of amides is 1. The number of unbranched alkanes of at least 4 members (excludes halogenated alkanes) is 1. The molecule has 0 bridgehead atoms. The molecule has 0 spiro atoms. The van der Waals surface area contributed by atoms with Crippen molar-refractivity contribution in [3.63, 3.8) is 0 Å². The van der Waals surface area contributed by atoms with Gasteiger partial charge in [-0.3, -0.25) is 0 Å². The van der Waals surface area contributed by atoms with E-state index in [2.05, 4.69) is 0 Å². The fraction of sp³-hybridized carbons (Fsp3) is 0.889. The number of rotatable bonds is 3. The monoisotopic (exact) mass is 188 g/mol. The van der Waals surface area contributed by atoms with Crippen molar-refractivity contribution in [3.05, 3.63) is 0 Å². The molecule has 0 radical (unpaired) electrons. The number of ether oxygens (including phenoxy) is 1. The first-order valence-corrected chi connectivity index (χ1v) is 4.62. The van der Waals surface area contributed by atoms with E-state index in [-0.39, 0.29) is 0 Å². The Morgan fingerprint density at radius 1 is 1.46 bits per heavy atom. The largest absolute Gasteiger partial charge is 0.443 e. The summed E-state index contributed by atoms with van der Waals surface area (Å²) in [6, 6.07) is 0.